The molecule has 84 valence electrons. The van der Waals surface area contributed by atoms with E-state index in [1.165, 1.54) is 23.5 Å². The summed E-state index contributed by atoms with van der Waals surface area (Å²) >= 11 is 2.93. The zero-order valence-electron chi connectivity index (χ0n) is 8.91. The van der Waals surface area contributed by atoms with E-state index in [1.807, 2.05) is 13.8 Å². The molecule has 0 aromatic carbocycles. The Bertz CT molecular complexity index is 287. The predicted octanol–water partition coefficient (Wildman–Crippen LogP) is 1.65. The Labute approximate surface area is 98.4 Å². The second-order valence-corrected chi connectivity index (χ2v) is 5.85. The van der Waals surface area contributed by atoms with Gasteiger partial charge in [-0.05, 0) is 5.92 Å². The van der Waals surface area contributed by atoms with Gasteiger partial charge in [0, 0.05) is 18.1 Å². The lowest BCUT2D eigenvalue weighted by molar-refractivity contribution is -0.117. The third-order valence-electron chi connectivity index (χ3n) is 1.80. The lowest BCUT2D eigenvalue weighted by atomic mass is 10.2. The Morgan fingerprint density at radius 1 is 1.47 bits per heavy atom. The fraction of sp³-hybridized carbons (Fsp3) is 0.600. The maximum Gasteiger partial charge on any atom is 0.258 e. The highest BCUT2D eigenvalue weighted by atomic mass is 32.2. The van der Waals surface area contributed by atoms with Crippen LogP contribution in [0.4, 0.5) is 0 Å². The molecular weight excluding hydrogens is 230 g/mol. The first-order valence-corrected chi connectivity index (χ1v) is 6.85. The average molecular weight is 245 g/mol. The van der Waals surface area contributed by atoms with Gasteiger partial charge < -0.3 is 5.32 Å². The quantitative estimate of drug-likeness (QED) is 0.765. The van der Waals surface area contributed by atoms with Crippen molar-refractivity contribution in [3.8, 4) is 0 Å². The zero-order valence-corrected chi connectivity index (χ0v) is 10.5. The van der Waals surface area contributed by atoms with Gasteiger partial charge in [0.25, 0.3) is 5.91 Å². The van der Waals surface area contributed by atoms with E-state index in [2.05, 4.69) is 5.32 Å². The van der Waals surface area contributed by atoms with Gasteiger partial charge in [-0.2, -0.15) is 0 Å². The van der Waals surface area contributed by atoms with Crippen LogP contribution < -0.4 is 5.32 Å². The molecule has 1 aliphatic rings. The fourth-order valence-electron chi connectivity index (χ4n) is 1.07. The second-order valence-electron chi connectivity index (χ2n) is 3.61. The van der Waals surface area contributed by atoms with Gasteiger partial charge in [0.1, 0.15) is 0 Å². The van der Waals surface area contributed by atoms with Crippen molar-refractivity contribution in [2.24, 2.45) is 5.92 Å². The van der Waals surface area contributed by atoms with Crippen LogP contribution in [0, 0.1) is 5.92 Å². The van der Waals surface area contributed by atoms with Gasteiger partial charge >= 0.3 is 0 Å². The summed E-state index contributed by atoms with van der Waals surface area (Å²) in [6.07, 6.45) is 0.779. The molecule has 0 fully saturated rings. The number of carbonyl (C=O) groups excluding carboxylic acids is 2. The van der Waals surface area contributed by atoms with Crippen LogP contribution >= 0.6 is 23.5 Å². The Hall–Kier alpha value is -0.420. The van der Waals surface area contributed by atoms with Gasteiger partial charge in [-0.1, -0.05) is 13.8 Å². The normalized spacial score (nSPS) is 16.7. The number of hydrogen-bond donors (Lipinski definition) is 1. The molecular formula is C10H15NO2S2. The number of carbonyl (C=O) groups is 2. The first-order valence-electron chi connectivity index (χ1n) is 4.88. The van der Waals surface area contributed by atoms with Crippen molar-refractivity contribution in [1.82, 2.24) is 5.32 Å². The molecule has 3 nitrogen and oxygen atoms in total. The van der Waals surface area contributed by atoms with Crippen LogP contribution in [-0.4, -0.2) is 30.2 Å². The summed E-state index contributed by atoms with van der Waals surface area (Å²) in [5.74, 6) is 2.12. The summed E-state index contributed by atoms with van der Waals surface area (Å²) in [5.41, 5.74) is 0. The number of amides is 1. The van der Waals surface area contributed by atoms with Crippen molar-refractivity contribution in [1.29, 1.82) is 0 Å². The van der Waals surface area contributed by atoms with Crippen LogP contribution in [0.1, 0.15) is 13.8 Å². The summed E-state index contributed by atoms with van der Waals surface area (Å²) in [7, 11) is 0. The molecule has 1 heterocycles. The van der Waals surface area contributed by atoms with Crippen LogP contribution in [0.2, 0.25) is 0 Å². The summed E-state index contributed by atoms with van der Waals surface area (Å²) in [4.78, 5) is 23.6. The number of thioether (sulfide) groups is 2. The smallest absolute Gasteiger partial charge is 0.258 e. The van der Waals surface area contributed by atoms with Crippen molar-refractivity contribution in [3.05, 3.63) is 9.81 Å². The van der Waals surface area contributed by atoms with Crippen LogP contribution in [0.15, 0.2) is 9.81 Å². The maximum atomic E-state index is 11.7. The lowest BCUT2D eigenvalue weighted by Gasteiger charge is -2.16. The number of nitrogens with one attached hydrogen (secondary N) is 1. The molecule has 15 heavy (non-hydrogen) atoms. The summed E-state index contributed by atoms with van der Waals surface area (Å²) < 4.78 is 0. The summed E-state index contributed by atoms with van der Waals surface area (Å²) in [6, 6.07) is 0. The monoisotopic (exact) mass is 245 g/mol. The minimum Gasteiger partial charge on any atom is -0.351 e. The van der Waals surface area contributed by atoms with Crippen molar-refractivity contribution >= 4 is 35.7 Å². The van der Waals surface area contributed by atoms with Crippen molar-refractivity contribution < 1.29 is 9.59 Å². The van der Waals surface area contributed by atoms with E-state index >= 15 is 0 Å². The van der Waals surface area contributed by atoms with E-state index in [1.54, 1.807) is 0 Å². The topological polar surface area (TPSA) is 46.2 Å². The third-order valence-corrected chi connectivity index (χ3v) is 4.30. The van der Waals surface area contributed by atoms with Crippen molar-refractivity contribution in [3.63, 3.8) is 0 Å². The largest absolute Gasteiger partial charge is 0.351 e. The molecule has 5 heteroatoms. The van der Waals surface area contributed by atoms with E-state index < -0.39 is 0 Å². The van der Waals surface area contributed by atoms with Gasteiger partial charge in [0.2, 0.25) is 0 Å². The van der Waals surface area contributed by atoms with Gasteiger partial charge in [-0.15, -0.1) is 23.5 Å². The minimum absolute atomic E-state index is 0.108. The first kappa shape index (κ1) is 12.6. The molecule has 0 aromatic heterocycles. The predicted molar refractivity (Wildman–Crippen MR) is 65.9 cm³/mol. The molecule has 0 saturated heterocycles. The Balaban J connectivity index is 2.63. The number of allylic oxidation sites excluding steroid dienone is 1. The highest BCUT2D eigenvalue weighted by Crippen LogP contribution is 2.32. The van der Waals surface area contributed by atoms with Crippen LogP contribution in [0.5, 0.6) is 0 Å². The molecule has 0 spiro atoms. The van der Waals surface area contributed by atoms with E-state index in [-0.39, 0.29) is 5.91 Å². The SMILES string of the molecule is CC(C)CNC(=O)C1=C(C=O)SCCS1. The number of hydrogen-bond acceptors (Lipinski definition) is 4. The third kappa shape index (κ3) is 3.91. The molecule has 0 radical (unpaired) electrons. The Morgan fingerprint density at radius 3 is 2.73 bits per heavy atom. The second kappa shape index (κ2) is 6.23. The Morgan fingerprint density at radius 2 is 2.13 bits per heavy atom. The summed E-state index contributed by atoms with van der Waals surface area (Å²) in [5, 5.41) is 2.83. The molecule has 0 bridgehead atoms. The van der Waals surface area contributed by atoms with Gasteiger partial charge in [0.15, 0.2) is 6.29 Å². The molecule has 0 aromatic rings. The fourth-order valence-corrected chi connectivity index (χ4v) is 3.20. The van der Waals surface area contributed by atoms with Crippen LogP contribution in [0.25, 0.3) is 0 Å². The standard InChI is InChI=1S/C10H15NO2S2/c1-7(2)5-11-10(13)9-8(6-12)14-3-4-15-9/h6-7H,3-5H2,1-2H3,(H,11,13). The molecule has 1 amide bonds. The number of aldehydes is 1. The van der Waals surface area contributed by atoms with Gasteiger partial charge in [-0.25, -0.2) is 0 Å². The molecule has 0 aliphatic carbocycles. The maximum absolute atomic E-state index is 11.7. The molecule has 1 N–H and O–H groups in total. The van der Waals surface area contributed by atoms with Gasteiger partial charge in [0.05, 0.1) is 9.81 Å². The van der Waals surface area contributed by atoms with E-state index in [0.717, 1.165) is 17.8 Å². The molecule has 1 rings (SSSR count). The highest BCUT2D eigenvalue weighted by molar-refractivity contribution is 8.11. The average Bonchev–Trinajstić information content (AvgIpc) is 2.25. The molecule has 0 saturated carbocycles. The molecule has 0 unspecified atom stereocenters. The van der Waals surface area contributed by atoms with Crippen LogP contribution in [-0.2, 0) is 9.59 Å². The van der Waals surface area contributed by atoms with Gasteiger partial charge in [-0.3, -0.25) is 9.59 Å². The molecule has 0 atom stereocenters. The van der Waals surface area contributed by atoms with Crippen molar-refractivity contribution in [2.45, 2.75) is 13.8 Å². The van der Waals surface area contributed by atoms with Crippen LogP contribution in [0.3, 0.4) is 0 Å². The first-order chi connectivity index (χ1) is 7.15. The highest BCUT2D eigenvalue weighted by Gasteiger charge is 2.19. The Kier molecular flexibility index (Phi) is 5.25. The van der Waals surface area contributed by atoms with E-state index in [9.17, 15) is 9.59 Å². The van der Waals surface area contributed by atoms with Crippen molar-refractivity contribution in [2.75, 3.05) is 18.1 Å². The molecule has 1 aliphatic heterocycles. The summed E-state index contributed by atoms with van der Waals surface area (Å²) in [6.45, 7) is 4.73. The zero-order chi connectivity index (χ0) is 11.3. The number of rotatable bonds is 4. The van der Waals surface area contributed by atoms with E-state index in [0.29, 0.717) is 22.3 Å². The van der Waals surface area contributed by atoms with E-state index in [4.69, 9.17) is 0 Å². The minimum atomic E-state index is -0.108. The lowest BCUT2D eigenvalue weighted by Crippen LogP contribution is -2.29.